The average Bonchev–Trinajstić information content (AvgIpc) is 3.08. The summed E-state index contributed by atoms with van der Waals surface area (Å²) in [6.07, 6.45) is 6.81. The molecule has 0 atom stereocenters. The molecule has 2 heterocycles. The molecule has 86 valence electrons. The second-order valence-corrected chi connectivity index (χ2v) is 4.49. The Labute approximate surface area is 99.3 Å². The van der Waals surface area contributed by atoms with Gasteiger partial charge in [0.2, 0.25) is 0 Å². The lowest BCUT2D eigenvalue weighted by Crippen LogP contribution is -2.02. The van der Waals surface area contributed by atoms with Crippen LogP contribution in [0.2, 0.25) is 0 Å². The maximum Gasteiger partial charge on any atom is 0.156 e. The van der Waals surface area contributed by atoms with Crippen molar-refractivity contribution in [1.29, 1.82) is 0 Å². The van der Waals surface area contributed by atoms with E-state index in [2.05, 4.69) is 10.1 Å². The molecule has 1 aliphatic rings. The van der Waals surface area contributed by atoms with Crippen LogP contribution in [0.4, 0.5) is 0 Å². The van der Waals surface area contributed by atoms with Crippen LogP contribution in [0.3, 0.4) is 0 Å². The number of aromatic nitrogens is 3. The van der Waals surface area contributed by atoms with E-state index in [0.29, 0.717) is 11.5 Å². The Balaban J connectivity index is 1.98. The predicted molar refractivity (Wildman–Crippen MR) is 63.5 cm³/mol. The van der Waals surface area contributed by atoms with Crippen molar-refractivity contribution >= 4 is 6.29 Å². The molecule has 0 aromatic carbocycles. The summed E-state index contributed by atoms with van der Waals surface area (Å²) >= 11 is 0. The molecule has 1 saturated carbocycles. The molecule has 0 radical (unpaired) electrons. The normalized spacial score (nSPS) is 14.9. The van der Waals surface area contributed by atoms with Crippen molar-refractivity contribution in [3.05, 3.63) is 41.3 Å². The highest BCUT2D eigenvalue weighted by Crippen LogP contribution is 2.39. The van der Waals surface area contributed by atoms with Crippen molar-refractivity contribution in [3.8, 4) is 5.82 Å². The van der Waals surface area contributed by atoms with Gasteiger partial charge in [-0.15, -0.1) is 0 Å². The second kappa shape index (κ2) is 3.80. The molecule has 0 unspecified atom stereocenters. The number of aryl methyl sites for hydroxylation is 1. The summed E-state index contributed by atoms with van der Waals surface area (Å²) in [6, 6.07) is 3.88. The maximum absolute atomic E-state index is 10.6. The zero-order valence-corrected chi connectivity index (χ0v) is 9.63. The van der Waals surface area contributed by atoms with Crippen LogP contribution in [0.1, 0.15) is 40.4 Å². The van der Waals surface area contributed by atoms with Crippen LogP contribution in [0.15, 0.2) is 24.5 Å². The van der Waals surface area contributed by atoms with Gasteiger partial charge in [-0.05, 0) is 37.5 Å². The first-order chi connectivity index (χ1) is 8.28. The van der Waals surface area contributed by atoms with E-state index in [4.69, 9.17) is 0 Å². The number of rotatable bonds is 3. The predicted octanol–water partition coefficient (Wildman–Crippen LogP) is 2.27. The minimum absolute atomic E-state index is 0.598. The third-order valence-electron chi connectivity index (χ3n) is 3.03. The molecule has 0 amide bonds. The maximum atomic E-state index is 10.6. The number of aldehydes is 1. The van der Waals surface area contributed by atoms with Gasteiger partial charge in [-0.25, -0.2) is 9.67 Å². The van der Waals surface area contributed by atoms with E-state index in [0.717, 1.165) is 23.4 Å². The summed E-state index contributed by atoms with van der Waals surface area (Å²) in [6.45, 7) is 1.94. The van der Waals surface area contributed by atoms with E-state index in [1.165, 1.54) is 12.8 Å². The molecule has 3 rings (SSSR count). The van der Waals surface area contributed by atoms with E-state index in [1.807, 2.05) is 25.3 Å². The molecule has 17 heavy (non-hydrogen) atoms. The van der Waals surface area contributed by atoms with E-state index < -0.39 is 0 Å². The summed E-state index contributed by atoms with van der Waals surface area (Å²) in [5, 5.41) is 4.52. The van der Waals surface area contributed by atoms with Gasteiger partial charge in [-0.1, -0.05) is 0 Å². The smallest absolute Gasteiger partial charge is 0.156 e. The molecule has 0 aliphatic heterocycles. The molecule has 0 N–H and O–H groups in total. The number of carbonyl (C=O) groups is 1. The number of pyridine rings is 1. The van der Waals surface area contributed by atoms with Gasteiger partial charge in [0.05, 0.1) is 5.69 Å². The molecule has 2 aromatic heterocycles. The number of nitrogens with zero attached hydrogens (tertiary/aromatic N) is 3. The van der Waals surface area contributed by atoms with Gasteiger partial charge in [0.15, 0.2) is 12.1 Å². The Bertz CT molecular complexity index is 570. The van der Waals surface area contributed by atoms with Crippen molar-refractivity contribution in [2.24, 2.45) is 0 Å². The molecule has 1 aliphatic carbocycles. The lowest BCUT2D eigenvalue weighted by atomic mass is 10.2. The van der Waals surface area contributed by atoms with Crippen LogP contribution < -0.4 is 0 Å². The standard InChI is InChI=1S/C13H13N3O/c1-9-6-10(8-17)7-14-13(9)16-5-4-12(15-16)11-2-3-11/h4-8,11H,2-3H2,1H3. The fourth-order valence-electron chi connectivity index (χ4n) is 1.95. The minimum Gasteiger partial charge on any atom is -0.298 e. The summed E-state index contributed by atoms with van der Waals surface area (Å²) < 4.78 is 1.79. The van der Waals surface area contributed by atoms with Crippen LogP contribution >= 0.6 is 0 Å². The van der Waals surface area contributed by atoms with Gasteiger partial charge < -0.3 is 0 Å². The molecule has 0 saturated heterocycles. The van der Waals surface area contributed by atoms with Crippen molar-refractivity contribution in [2.75, 3.05) is 0 Å². The van der Waals surface area contributed by atoms with Crippen molar-refractivity contribution in [2.45, 2.75) is 25.7 Å². The monoisotopic (exact) mass is 227 g/mol. The summed E-state index contributed by atoms with van der Waals surface area (Å²) in [7, 11) is 0. The number of hydrogen-bond acceptors (Lipinski definition) is 3. The van der Waals surface area contributed by atoms with Crippen LogP contribution in [0, 0.1) is 6.92 Å². The first-order valence-electron chi connectivity index (χ1n) is 5.75. The van der Waals surface area contributed by atoms with Crippen molar-refractivity contribution in [3.63, 3.8) is 0 Å². The van der Waals surface area contributed by atoms with Gasteiger partial charge in [0.1, 0.15) is 0 Å². The lowest BCUT2D eigenvalue weighted by molar-refractivity contribution is 0.112. The molecule has 0 spiro atoms. The van der Waals surface area contributed by atoms with Crippen LogP contribution in [0.25, 0.3) is 5.82 Å². The zero-order chi connectivity index (χ0) is 11.8. The van der Waals surface area contributed by atoms with Crippen LogP contribution in [0.5, 0.6) is 0 Å². The highest BCUT2D eigenvalue weighted by molar-refractivity contribution is 5.74. The molecule has 4 heteroatoms. The SMILES string of the molecule is Cc1cc(C=O)cnc1-n1ccc(C2CC2)n1. The average molecular weight is 227 g/mol. The Hall–Kier alpha value is -1.97. The Morgan fingerprint density at radius 3 is 2.94 bits per heavy atom. The van der Waals surface area contributed by atoms with E-state index in [9.17, 15) is 4.79 Å². The first-order valence-corrected chi connectivity index (χ1v) is 5.75. The van der Waals surface area contributed by atoms with Gasteiger partial charge >= 0.3 is 0 Å². The molecule has 2 aromatic rings. The van der Waals surface area contributed by atoms with Crippen LogP contribution in [-0.2, 0) is 0 Å². The third-order valence-corrected chi connectivity index (χ3v) is 3.03. The lowest BCUT2D eigenvalue weighted by Gasteiger charge is -2.04. The first kappa shape index (κ1) is 10.2. The molecule has 4 nitrogen and oxygen atoms in total. The van der Waals surface area contributed by atoms with Gasteiger partial charge in [0.25, 0.3) is 0 Å². The fraction of sp³-hybridized carbons (Fsp3) is 0.308. The molecule has 0 bridgehead atoms. The Kier molecular flexibility index (Phi) is 2.28. The highest BCUT2D eigenvalue weighted by atomic mass is 16.1. The Morgan fingerprint density at radius 1 is 1.47 bits per heavy atom. The topological polar surface area (TPSA) is 47.8 Å². The van der Waals surface area contributed by atoms with Crippen molar-refractivity contribution in [1.82, 2.24) is 14.8 Å². The van der Waals surface area contributed by atoms with E-state index >= 15 is 0 Å². The number of hydrogen-bond donors (Lipinski definition) is 0. The largest absolute Gasteiger partial charge is 0.298 e. The summed E-state index contributed by atoms with van der Waals surface area (Å²) in [5.41, 5.74) is 2.70. The molecular weight excluding hydrogens is 214 g/mol. The summed E-state index contributed by atoms with van der Waals surface area (Å²) in [4.78, 5) is 14.9. The van der Waals surface area contributed by atoms with Gasteiger partial charge in [-0.3, -0.25) is 4.79 Å². The summed E-state index contributed by atoms with van der Waals surface area (Å²) in [5.74, 6) is 1.44. The quantitative estimate of drug-likeness (QED) is 0.756. The van der Waals surface area contributed by atoms with E-state index in [1.54, 1.807) is 10.9 Å². The van der Waals surface area contributed by atoms with Crippen molar-refractivity contribution < 1.29 is 4.79 Å². The zero-order valence-electron chi connectivity index (χ0n) is 9.63. The number of carbonyl (C=O) groups excluding carboxylic acids is 1. The highest BCUT2D eigenvalue weighted by Gasteiger charge is 2.26. The van der Waals surface area contributed by atoms with Gasteiger partial charge in [-0.2, -0.15) is 5.10 Å². The minimum atomic E-state index is 0.598. The van der Waals surface area contributed by atoms with Gasteiger partial charge in [0, 0.05) is 23.9 Å². The molecular formula is C13H13N3O. The Morgan fingerprint density at radius 2 is 2.29 bits per heavy atom. The van der Waals surface area contributed by atoms with Crippen LogP contribution in [-0.4, -0.2) is 21.1 Å². The third kappa shape index (κ3) is 1.86. The second-order valence-electron chi connectivity index (χ2n) is 4.49. The fourth-order valence-corrected chi connectivity index (χ4v) is 1.95. The molecule has 1 fully saturated rings. The van der Waals surface area contributed by atoms with E-state index in [-0.39, 0.29) is 0 Å².